The number of nitrogens with zero attached hydrogens (tertiary/aromatic N) is 1. The molecule has 0 aliphatic carbocycles. The lowest BCUT2D eigenvalue weighted by molar-refractivity contribution is -0.114. The number of benzene rings is 2. The van der Waals surface area contributed by atoms with Gasteiger partial charge in [0.1, 0.15) is 6.04 Å². The molecule has 2 aromatic carbocycles. The highest BCUT2D eigenvalue weighted by molar-refractivity contribution is 8.14. The summed E-state index contributed by atoms with van der Waals surface area (Å²) in [6.45, 7) is 3.33. The number of nitrogens with two attached hydrogens (primary N) is 1. The smallest absolute Gasteiger partial charge is 0.238 e. The van der Waals surface area contributed by atoms with Gasteiger partial charge in [0, 0.05) is 17.0 Å². The van der Waals surface area contributed by atoms with Gasteiger partial charge in [-0.15, -0.1) is 0 Å². The summed E-state index contributed by atoms with van der Waals surface area (Å²) in [7, 11) is -3.79. The van der Waals surface area contributed by atoms with E-state index in [4.69, 9.17) is 5.14 Å². The van der Waals surface area contributed by atoms with Crippen molar-refractivity contribution in [2.75, 3.05) is 11.1 Å². The SMILES string of the molecule is CC(=O)C1=C(C)NC(SCC(=O)Nc2ccc(S(N)(=O)=O)cc2)=NC1c1ccccc1. The fraction of sp³-hybridized carbons (Fsp3) is 0.190. The molecule has 1 atom stereocenters. The third-order valence-corrected chi connectivity index (χ3v) is 6.34. The van der Waals surface area contributed by atoms with Crippen LogP contribution in [-0.4, -0.2) is 31.0 Å². The molecule has 162 valence electrons. The number of rotatable bonds is 6. The Hall–Kier alpha value is -2.95. The molecule has 0 fully saturated rings. The molecule has 0 radical (unpaired) electrons. The van der Waals surface area contributed by atoms with Gasteiger partial charge in [-0.1, -0.05) is 42.1 Å². The van der Waals surface area contributed by atoms with E-state index < -0.39 is 16.1 Å². The molecule has 10 heteroatoms. The predicted octanol–water partition coefficient (Wildman–Crippen LogP) is 2.57. The number of carbonyl (C=O) groups is 2. The Bertz CT molecular complexity index is 1160. The van der Waals surface area contributed by atoms with Crippen molar-refractivity contribution in [1.82, 2.24) is 5.32 Å². The summed E-state index contributed by atoms with van der Waals surface area (Å²) in [4.78, 5) is 29.1. The highest BCUT2D eigenvalue weighted by Crippen LogP contribution is 2.32. The molecule has 1 heterocycles. The Morgan fingerprint density at radius 3 is 2.35 bits per heavy atom. The third kappa shape index (κ3) is 5.81. The van der Waals surface area contributed by atoms with Gasteiger partial charge >= 0.3 is 0 Å². The minimum Gasteiger partial charge on any atom is -0.338 e. The summed E-state index contributed by atoms with van der Waals surface area (Å²) in [5, 5.41) is 11.4. The van der Waals surface area contributed by atoms with Crippen LogP contribution in [0.15, 0.2) is 75.8 Å². The van der Waals surface area contributed by atoms with Gasteiger partial charge in [-0.3, -0.25) is 9.59 Å². The number of Topliss-reactive ketones (excluding diaryl/α,β-unsaturated/α-hetero) is 1. The molecule has 2 aromatic rings. The number of carbonyl (C=O) groups excluding carboxylic acids is 2. The van der Waals surface area contributed by atoms with Crippen molar-refractivity contribution in [3.8, 4) is 0 Å². The van der Waals surface area contributed by atoms with Gasteiger partial charge in [-0.25, -0.2) is 18.5 Å². The summed E-state index contributed by atoms with van der Waals surface area (Å²) < 4.78 is 22.6. The fourth-order valence-electron chi connectivity index (χ4n) is 3.11. The van der Waals surface area contributed by atoms with Gasteiger partial charge < -0.3 is 10.6 Å². The number of amides is 1. The summed E-state index contributed by atoms with van der Waals surface area (Å²) in [5.41, 5.74) is 2.65. The lowest BCUT2D eigenvalue weighted by Gasteiger charge is -2.25. The van der Waals surface area contributed by atoms with E-state index >= 15 is 0 Å². The molecule has 0 saturated heterocycles. The number of anilines is 1. The maximum absolute atomic E-state index is 12.3. The number of aliphatic imine (C=N–C) groups is 1. The van der Waals surface area contributed by atoms with Crippen LogP contribution in [-0.2, 0) is 19.6 Å². The maximum Gasteiger partial charge on any atom is 0.238 e. The Labute approximate surface area is 185 Å². The second kappa shape index (κ2) is 9.46. The predicted molar refractivity (Wildman–Crippen MR) is 122 cm³/mol. The van der Waals surface area contributed by atoms with E-state index in [1.807, 2.05) is 37.3 Å². The van der Waals surface area contributed by atoms with Gasteiger partial charge in [-0.05, 0) is 43.7 Å². The van der Waals surface area contributed by atoms with Gasteiger partial charge in [0.2, 0.25) is 15.9 Å². The molecule has 0 aromatic heterocycles. The van der Waals surface area contributed by atoms with E-state index in [0.717, 1.165) is 5.56 Å². The quantitative estimate of drug-likeness (QED) is 0.610. The second-order valence-corrected chi connectivity index (χ2v) is 9.40. The first kappa shape index (κ1) is 22.7. The van der Waals surface area contributed by atoms with Crippen LogP contribution in [0.25, 0.3) is 0 Å². The number of nitrogens with one attached hydrogen (secondary N) is 2. The van der Waals surface area contributed by atoms with Gasteiger partial charge in [0.05, 0.1) is 10.6 Å². The van der Waals surface area contributed by atoms with E-state index in [1.165, 1.54) is 43.0 Å². The summed E-state index contributed by atoms with van der Waals surface area (Å²) in [5.74, 6) is -0.270. The number of amidine groups is 1. The number of hydrogen-bond acceptors (Lipinski definition) is 7. The number of ketones is 1. The first-order chi connectivity index (χ1) is 14.6. The lowest BCUT2D eigenvalue weighted by atomic mass is 9.94. The van der Waals surface area contributed by atoms with E-state index in [-0.39, 0.29) is 22.3 Å². The fourth-order valence-corrected chi connectivity index (χ4v) is 4.37. The molecule has 3 rings (SSSR count). The Kier molecular flexibility index (Phi) is 6.94. The van der Waals surface area contributed by atoms with Crippen LogP contribution in [0.5, 0.6) is 0 Å². The van der Waals surface area contributed by atoms with E-state index in [1.54, 1.807) is 0 Å². The van der Waals surface area contributed by atoms with E-state index in [2.05, 4.69) is 15.6 Å². The number of sulfonamides is 1. The summed E-state index contributed by atoms with van der Waals surface area (Å²) in [6.07, 6.45) is 0. The average Bonchev–Trinajstić information content (AvgIpc) is 2.72. The van der Waals surface area contributed by atoms with E-state index in [9.17, 15) is 18.0 Å². The molecule has 4 N–H and O–H groups in total. The molecular formula is C21H22N4O4S2. The first-order valence-corrected chi connectivity index (χ1v) is 11.9. The van der Waals surface area contributed by atoms with E-state index in [0.29, 0.717) is 22.1 Å². The standard InChI is InChI=1S/C21H22N4O4S2/c1-13-19(14(2)26)20(15-6-4-3-5-7-15)25-21(23-13)30-12-18(27)24-16-8-10-17(11-9-16)31(22,28)29/h3-11,20H,12H2,1-2H3,(H,23,25)(H,24,27)(H2,22,28,29). The largest absolute Gasteiger partial charge is 0.338 e. The van der Waals surface area contributed by atoms with Crippen molar-refractivity contribution >= 4 is 44.3 Å². The second-order valence-electron chi connectivity index (χ2n) is 6.87. The van der Waals surface area contributed by atoms with Crippen LogP contribution >= 0.6 is 11.8 Å². The van der Waals surface area contributed by atoms with Crippen molar-refractivity contribution in [1.29, 1.82) is 0 Å². The number of allylic oxidation sites excluding steroid dienone is 1. The molecular weight excluding hydrogens is 436 g/mol. The Balaban J connectivity index is 1.68. The number of thioether (sulfide) groups is 1. The van der Waals surface area contributed by atoms with Crippen molar-refractivity contribution in [2.45, 2.75) is 24.8 Å². The summed E-state index contributed by atoms with van der Waals surface area (Å²) >= 11 is 1.21. The zero-order chi connectivity index (χ0) is 22.6. The zero-order valence-electron chi connectivity index (χ0n) is 17.0. The van der Waals surface area contributed by atoms with Gasteiger partial charge in [0.15, 0.2) is 11.0 Å². The number of primary sulfonamides is 1. The van der Waals surface area contributed by atoms with Crippen molar-refractivity contribution < 1.29 is 18.0 Å². The van der Waals surface area contributed by atoms with Crippen LogP contribution in [0.1, 0.15) is 25.5 Å². The lowest BCUT2D eigenvalue weighted by Crippen LogP contribution is -2.30. The molecule has 1 aliphatic rings. The average molecular weight is 459 g/mol. The monoisotopic (exact) mass is 458 g/mol. The first-order valence-electron chi connectivity index (χ1n) is 9.32. The van der Waals surface area contributed by atoms with Crippen LogP contribution in [0.2, 0.25) is 0 Å². The maximum atomic E-state index is 12.3. The normalized spacial score (nSPS) is 16.4. The van der Waals surface area contributed by atoms with Crippen molar-refractivity contribution in [3.05, 3.63) is 71.4 Å². The van der Waals surface area contributed by atoms with Gasteiger partial charge in [0.25, 0.3) is 0 Å². The molecule has 0 saturated carbocycles. The van der Waals surface area contributed by atoms with Crippen LogP contribution in [0, 0.1) is 0 Å². The van der Waals surface area contributed by atoms with Gasteiger partial charge in [-0.2, -0.15) is 0 Å². The Morgan fingerprint density at radius 1 is 1.13 bits per heavy atom. The minimum atomic E-state index is -3.79. The zero-order valence-corrected chi connectivity index (χ0v) is 18.6. The molecule has 1 aliphatic heterocycles. The minimum absolute atomic E-state index is 0.0314. The topological polar surface area (TPSA) is 131 Å². The van der Waals surface area contributed by atoms with Crippen molar-refractivity contribution in [3.63, 3.8) is 0 Å². The van der Waals surface area contributed by atoms with Crippen molar-refractivity contribution in [2.24, 2.45) is 10.1 Å². The highest BCUT2D eigenvalue weighted by Gasteiger charge is 2.27. The molecule has 0 spiro atoms. The molecule has 1 unspecified atom stereocenters. The molecule has 31 heavy (non-hydrogen) atoms. The van der Waals surface area contributed by atoms with Crippen LogP contribution < -0.4 is 15.8 Å². The highest BCUT2D eigenvalue weighted by atomic mass is 32.2. The molecule has 0 bridgehead atoms. The Morgan fingerprint density at radius 2 is 1.77 bits per heavy atom. The molecule has 8 nitrogen and oxygen atoms in total. The third-order valence-electron chi connectivity index (χ3n) is 4.52. The van der Waals surface area contributed by atoms with Crippen LogP contribution in [0.4, 0.5) is 5.69 Å². The summed E-state index contributed by atoms with van der Waals surface area (Å²) in [6, 6.07) is 14.7. The van der Waals surface area contributed by atoms with Crippen LogP contribution in [0.3, 0.4) is 0 Å². The number of hydrogen-bond donors (Lipinski definition) is 3. The molecule has 1 amide bonds.